The van der Waals surface area contributed by atoms with Crippen LogP contribution in [-0.4, -0.2) is 15.9 Å². The summed E-state index contributed by atoms with van der Waals surface area (Å²) in [6, 6.07) is 11.8. The van der Waals surface area contributed by atoms with Crippen LogP contribution in [0.15, 0.2) is 41.8 Å². The number of benzene rings is 1. The molecule has 0 bridgehead atoms. The highest BCUT2D eigenvalue weighted by Crippen LogP contribution is 2.23. The Labute approximate surface area is 138 Å². The second-order valence-electron chi connectivity index (χ2n) is 5.14. The molecule has 0 fully saturated rings. The maximum atomic E-state index is 12.5. The van der Waals surface area contributed by atoms with Gasteiger partial charge in [0, 0.05) is 15.7 Å². The molecule has 1 N–H and O–H groups in total. The zero-order valence-electron chi connectivity index (χ0n) is 12.9. The molecular weight excluding hydrogens is 314 g/mol. The number of hydrogen-bond acceptors (Lipinski definition) is 3. The van der Waals surface area contributed by atoms with E-state index in [4.69, 9.17) is 0 Å². The first-order valence-electron chi connectivity index (χ1n) is 7.33. The molecule has 2 aromatic rings. The molecular formula is C17H21NO2S2. The minimum atomic E-state index is -1.20. The van der Waals surface area contributed by atoms with Gasteiger partial charge in [-0.15, -0.1) is 11.3 Å². The zero-order valence-corrected chi connectivity index (χ0v) is 14.5. The fourth-order valence-electron chi connectivity index (χ4n) is 2.29. The fraction of sp³-hybridized carbons (Fsp3) is 0.353. The van der Waals surface area contributed by atoms with E-state index in [1.165, 1.54) is 5.56 Å². The minimum Gasteiger partial charge on any atom is -0.350 e. The average molecular weight is 335 g/mol. The van der Waals surface area contributed by atoms with Crippen LogP contribution in [0.5, 0.6) is 0 Å². The van der Waals surface area contributed by atoms with Gasteiger partial charge in [-0.3, -0.25) is 9.00 Å². The first-order chi connectivity index (χ1) is 10.6. The van der Waals surface area contributed by atoms with Crippen LogP contribution in [0.1, 0.15) is 34.6 Å². The Bertz CT molecular complexity index is 637. The summed E-state index contributed by atoms with van der Waals surface area (Å²) in [7, 11) is -1.20. The van der Waals surface area contributed by atoms with Crippen LogP contribution in [0.25, 0.3) is 0 Å². The van der Waals surface area contributed by atoms with Crippen molar-refractivity contribution in [3.05, 3.63) is 57.8 Å². The van der Waals surface area contributed by atoms with Crippen molar-refractivity contribution in [2.75, 3.05) is 5.75 Å². The van der Waals surface area contributed by atoms with E-state index in [1.54, 1.807) is 11.3 Å². The molecule has 3 nitrogen and oxygen atoms in total. The van der Waals surface area contributed by atoms with E-state index in [1.807, 2.05) is 55.6 Å². The maximum Gasteiger partial charge on any atom is 0.232 e. The van der Waals surface area contributed by atoms with Gasteiger partial charge in [0.1, 0.15) is 5.75 Å². The topological polar surface area (TPSA) is 46.2 Å². The number of aryl methyl sites for hydroxylation is 1. The highest BCUT2D eigenvalue weighted by atomic mass is 32.2. The fourth-order valence-corrected chi connectivity index (χ4v) is 4.53. The lowest BCUT2D eigenvalue weighted by Crippen LogP contribution is -2.29. The van der Waals surface area contributed by atoms with Crippen LogP contribution in [-0.2, 0) is 22.1 Å². The summed E-state index contributed by atoms with van der Waals surface area (Å²) in [6.07, 6.45) is 0.758. The molecule has 0 saturated heterocycles. The number of carbonyl (C=O) groups is 1. The van der Waals surface area contributed by atoms with E-state index in [0.717, 1.165) is 16.9 Å². The normalized spacial score (nSPS) is 13.5. The Morgan fingerprint density at radius 1 is 1.27 bits per heavy atom. The lowest BCUT2D eigenvalue weighted by Gasteiger charge is -2.15. The van der Waals surface area contributed by atoms with E-state index < -0.39 is 10.8 Å². The summed E-state index contributed by atoms with van der Waals surface area (Å²) >= 11 is 1.63. The molecule has 22 heavy (non-hydrogen) atoms. The number of thiophene rings is 1. The summed E-state index contributed by atoms with van der Waals surface area (Å²) < 4.78 is 12.5. The van der Waals surface area contributed by atoms with Crippen LogP contribution >= 0.6 is 11.3 Å². The van der Waals surface area contributed by atoms with Gasteiger partial charge in [0.15, 0.2) is 0 Å². The van der Waals surface area contributed by atoms with Gasteiger partial charge in [0.25, 0.3) is 0 Å². The van der Waals surface area contributed by atoms with Gasteiger partial charge < -0.3 is 5.32 Å². The smallest absolute Gasteiger partial charge is 0.232 e. The molecule has 2 atom stereocenters. The Morgan fingerprint density at radius 2 is 2.00 bits per heavy atom. The third-order valence-electron chi connectivity index (χ3n) is 3.55. The van der Waals surface area contributed by atoms with Gasteiger partial charge in [-0.1, -0.05) is 37.3 Å². The van der Waals surface area contributed by atoms with E-state index in [-0.39, 0.29) is 16.9 Å². The number of carbonyl (C=O) groups excluding carboxylic acids is 1. The van der Waals surface area contributed by atoms with Crippen LogP contribution in [0.3, 0.4) is 0 Å². The number of nitrogens with one attached hydrogen (secondary N) is 1. The standard InChI is InChI=1S/C17H21NO2S2/c1-3-16(14-7-5-4-6-8-14)22(20)12-17(19)18-11-15-13(2)9-10-21-15/h4-10,16H,3,11-12H2,1-2H3,(H,18,19)/t16-,22-/m0/s1. The van der Waals surface area contributed by atoms with Gasteiger partial charge in [0.2, 0.25) is 5.91 Å². The molecule has 1 heterocycles. The van der Waals surface area contributed by atoms with Crippen molar-refractivity contribution in [1.29, 1.82) is 0 Å². The second kappa shape index (κ2) is 8.25. The highest BCUT2D eigenvalue weighted by Gasteiger charge is 2.19. The quantitative estimate of drug-likeness (QED) is 0.841. The van der Waals surface area contributed by atoms with Crippen molar-refractivity contribution in [3.8, 4) is 0 Å². The number of hydrogen-bond donors (Lipinski definition) is 1. The third kappa shape index (κ3) is 4.52. The Kier molecular flexibility index (Phi) is 6.34. The zero-order chi connectivity index (χ0) is 15.9. The second-order valence-corrected chi connectivity index (χ2v) is 7.76. The molecule has 0 aliphatic rings. The highest BCUT2D eigenvalue weighted by molar-refractivity contribution is 7.86. The largest absolute Gasteiger partial charge is 0.350 e. The van der Waals surface area contributed by atoms with E-state index in [0.29, 0.717) is 6.54 Å². The Morgan fingerprint density at radius 3 is 2.59 bits per heavy atom. The lowest BCUT2D eigenvalue weighted by molar-refractivity contribution is -0.118. The molecule has 0 aliphatic carbocycles. The van der Waals surface area contributed by atoms with Crippen LogP contribution in [0.2, 0.25) is 0 Å². The summed E-state index contributed by atoms with van der Waals surface area (Å²) in [4.78, 5) is 13.2. The van der Waals surface area contributed by atoms with E-state index >= 15 is 0 Å². The minimum absolute atomic E-state index is 0.0534. The monoisotopic (exact) mass is 335 g/mol. The SMILES string of the molecule is CC[C@@H](c1ccccc1)[S@@](=O)CC(=O)NCc1sccc1C. The van der Waals surface area contributed by atoms with Gasteiger partial charge in [-0.05, 0) is 35.9 Å². The Hall–Kier alpha value is -1.46. The van der Waals surface area contributed by atoms with Crippen LogP contribution in [0, 0.1) is 6.92 Å². The molecule has 0 aliphatic heterocycles. The van der Waals surface area contributed by atoms with Crippen molar-refractivity contribution in [1.82, 2.24) is 5.32 Å². The predicted molar refractivity (Wildman–Crippen MR) is 93.4 cm³/mol. The third-order valence-corrected chi connectivity index (χ3v) is 6.36. The molecule has 1 amide bonds. The molecule has 0 saturated carbocycles. The van der Waals surface area contributed by atoms with Gasteiger partial charge in [0.05, 0.1) is 11.8 Å². The summed E-state index contributed by atoms with van der Waals surface area (Å²) in [6.45, 7) is 4.54. The average Bonchev–Trinajstić information content (AvgIpc) is 2.92. The molecule has 5 heteroatoms. The van der Waals surface area contributed by atoms with Gasteiger partial charge in [-0.2, -0.15) is 0 Å². The van der Waals surface area contributed by atoms with Crippen LogP contribution in [0.4, 0.5) is 0 Å². The summed E-state index contributed by atoms with van der Waals surface area (Å²) in [5, 5.41) is 4.79. The number of amides is 1. The van der Waals surface area contributed by atoms with Gasteiger partial charge >= 0.3 is 0 Å². The summed E-state index contributed by atoms with van der Waals surface area (Å²) in [5.41, 5.74) is 2.22. The molecule has 118 valence electrons. The van der Waals surface area contributed by atoms with Crippen molar-refractivity contribution >= 4 is 28.0 Å². The molecule has 0 spiro atoms. The molecule has 1 aromatic heterocycles. The molecule has 2 rings (SSSR count). The van der Waals surface area contributed by atoms with Crippen molar-refractivity contribution in [3.63, 3.8) is 0 Å². The van der Waals surface area contributed by atoms with E-state index in [2.05, 4.69) is 5.32 Å². The molecule has 1 aromatic carbocycles. The first-order valence-corrected chi connectivity index (χ1v) is 9.59. The van der Waals surface area contributed by atoms with E-state index in [9.17, 15) is 9.00 Å². The first kappa shape index (κ1) is 16.9. The van der Waals surface area contributed by atoms with Crippen molar-refractivity contribution < 1.29 is 9.00 Å². The van der Waals surface area contributed by atoms with Gasteiger partial charge in [-0.25, -0.2) is 0 Å². The van der Waals surface area contributed by atoms with Crippen LogP contribution < -0.4 is 5.32 Å². The predicted octanol–water partition coefficient (Wildman–Crippen LogP) is 3.57. The number of rotatable bonds is 7. The van der Waals surface area contributed by atoms with Crippen molar-refractivity contribution in [2.24, 2.45) is 0 Å². The Balaban J connectivity index is 1.90. The molecule has 0 unspecified atom stereocenters. The summed E-state index contributed by atoms with van der Waals surface area (Å²) in [5.74, 6) is -0.0989. The maximum absolute atomic E-state index is 12.5. The molecule has 0 radical (unpaired) electrons. The van der Waals surface area contributed by atoms with Crippen molar-refractivity contribution in [2.45, 2.75) is 32.1 Å². The lowest BCUT2D eigenvalue weighted by atomic mass is 10.1.